The summed E-state index contributed by atoms with van der Waals surface area (Å²) in [5.74, 6) is 6.01. The molecule has 4 heteroatoms. The molecule has 0 aliphatic rings. The normalized spacial score (nSPS) is 12.5. The van der Waals surface area contributed by atoms with Gasteiger partial charge in [0.25, 0.3) is 0 Å². The number of nitrogens with one attached hydrogen (secondary N) is 1. The molecule has 0 aliphatic carbocycles. The second kappa shape index (κ2) is 4.81. The second-order valence-electron chi connectivity index (χ2n) is 2.68. The molecule has 0 aromatic heterocycles. The van der Waals surface area contributed by atoms with Crippen LogP contribution < -0.4 is 16.0 Å². The van der Waals surface area contributed by atoms with Crippen LogP contribution in [0.25, 0.3) is 0 Å². The van der Waals surface area contributed by atoms with E-state index in [1.165, 1.54) is 0 Å². The van der Waals surface area contributed by atoms with Crippen LogP contribution in [0.1, 0.15) is 11.6 Å². The van der Waals surface area contributed by atoms with Gasteiger partial charge in [-0.15, -0.1) is 0 Å². The summed E-state index contributed by atoms with van der Waals surface area (Å²) in [7, 11) is 1.60. The molecule has 1 aromatic carbocycles. The number of aliphatic hydroxyl groups is 1. The van der Waals surface area contributed by atoms with Gasteiger partial charge in [-0.3, -0.25) is 11.3 Å². The highest BCUT2D eigenvalue weighted by molar-refractivity contribution is 5.30. The summed E-state index contributed by atoms with van der Waals surface area (Å²) in [6.45, 7) is -0.0380. The molecule has 0 radical (unpaired) electrons. The number of hydrogen-bond donors (Lipinski definition) is 3. The van der Waals surface area contributed by atoms with Crippen molar-refractivity contribution < 1.29 is 9.84 Å². The van der Waals surface area contributed by atoms with Gasteiger partial charge in [0, 0.05) is 0 Å². The molecule has 0 spiro atoms. The maximum atomic E-state index is 8.96. The fourth-order valence-corrected chi connectivity index (χ4v) is 1.11. The Labute approximate surface area is 77.3 Å². The first-order chi connectivity index (χ1) is 6.31. The van der Waals surface area contributed by atoms with Crippen LogP contribution in [-0.2, 0) is 0 Å². The molecule has 1 aromatic rings. The second-order valence-corrected chi connectivity index (χ2v) is 2.68. The van der Waals surface area contributed by atoms with Crippen molar-refractivity contribution in [3.05, 3.63) is 29.8 Å². The van der Waals surface area contributed by atoms with Crippen molar-refractivity contribution in [1.82, 2.24) is 5.43 Å². The van der Waals surface area contributed by atoms with Gasteiger partial charge in [-0.2, -0.15) is 0 Å². The van der Waals surface area contributed by atoms with Crippen molar-refractivity contribution >= 4 is 0 Å². The van der Waals surface area contributed by atoms with Gasteiger partial charge in [0.15, 0.2) is 0 Å². The van der Waals surface area contributed by atoms with Crippen LogP contribution in [-0.4, -0.2) is 18.8 Å². The summed E-state index contributed by atoms with van der Waals surface area (Å²) >= 11 is 0. The first-order valence-corrected chi connectivity index (χ1v) is 4.02. The van der Waals surface area contributed by atoms with E-state index in [4.69, 9.17) is 15.7 Å². The number of nitrogens with two attached hydrogens (primary N) is 1. The van der Waals surface area contributed by atoms with Crippen LogP contribution in [0.2, 0.25) is 0 Å². The Morgan fingerprint density at radius 2 is 2.38 bits per heavy atom. The maximum Gasteiger partial charge on any atom is 0.119 e. The van der Waals surface area contributed by atoms with Crippen LogP contribution in [0.3, 0.4) is 0 Å². The Kier molecular flexibility index (Phi) is 3.70. The van der Waals surface area contributed by atoms with E-state index in [0.29, 0.717) is 0 Å². The Morgan fingerprint density at radius 1 is 1.62 bits per heavy atom. The molecule has 0 fully saturated rings. The van der Waals surface area contributed by atoms with Crippen LogP contribution in [0.15, 0.2) is 24.3 Å². The van der Waals surface area contributed by atoms with Gasteiger partial charge >= 0.3 is 0 Å². The van der Waals surface area contributed by atoms with Gasteiger partial charge in [0.05, 0.1) is 19.8 Å². The molecule has 1 rings (SSSR count). The van der Waals surface area contributed by atoms with Gasteiger partial charge < -0.3 is 9.84 Å². The minimum absolute atomic E-state index is 0.0380. The molecular weight excluding hydrogens is 168 g/mol. The first-order valence-electron chi connectivity index (χ1n) is 4.02. The average molecular weight is 182 g/mol. The van der Waals surface area contributed by atoms with E-state index >= 15 is 0 Å². The van der Waals surface area contributed by atoms with Crippen molar-refractivity contribution in [2.45, 2.75) is 6.04 Å². The minimum atomic E-state index is -0.241. The third-order valence-corrected chi connectivity index (χ3v) is 1.88. The molecular formula is C9H14N2O2. The number of hydrazine groups is 1. The molecule has 1 unspecified atom stereocenters. The van der Waals surface area contributed by atoms with Crippen molar-refractivity contribution in [1.29, 1.82) is 0 Å². The molecule has 0 amide bonds. The summed E-state index contributed by atoms with van der Waals surface area (Å²) < 4.78 is 5.04. The lowest BCUT2D eigenvalue weighted by Crippen LogP contribution is -2.30. The molecule has 13 heavy (non-hydrogen) atoms. The Bertz CT molecular complexity index is 262. The number of ether oxygens (including phenoxy) is 1. The maximum absolute atomic E-state index is 8.96. The van der Waals surface area contributed by atoms with Gasteiger partial charge in [-0.05, 0) is 17.7 Å². The fourth-order valence-electron chi connectivity index (χ4n) is 1.11. The van der Waals surface area contributed by atoms with E-state index in [2.05, 4.69) is 5.43 Å². The zero-order chi connectivity index (χ0) is 9.68. The molecule has 0 bridgehead atoms. The summed E-state index contributed by atoms with van der Waals surface area (Å²) in [6.07, 6.45) is 0. The zero-order valence-electron chi connectivity index (χ0n) is 7.53. The van der Waals surface area contributed by atoms with Gasteiger partial charge in [-0.25, -0.2) is 0 Å². The van der Waals surface area contributed by atoms with Crippen molar-refractivity contribution in [3.8, 4) is 5.75 Å². The highest BCUT2D eigenvalue weighted by Gasteiger charge is 2.07. The Morgan fingerprint density at radius 3 is 2.92 bits per heavy atom. The third kappa shape index (κ3) is 2.42. The molecule has 4 N–H and O–H groups in total. The summed E-state index contributed by atoms with van der Waals surface area (Å²) in [5.41, 5.74) is 3.42. The Balaban J connectivity index is 2.86. The largest absolute Gasteiger partial charge is 0.497 e. The van der Waals surface area contributed by atoms with Crippen molar-refractivity contribution in [3.63, 3.8) is 0 Å². The highest BCUT2D eigenvalue weighted by atomic mass is 16.5. The van der Waals surface area contributed by atoms with Gasteiger partial charge in [0.1, 0.15) is 5.75 Å². The smallest absolute Gasteiger partial charge is 0.119 e. The standard InChI is InChI=1S/C9H14N2O2/c1-13-8-4-2-3-7(5-8)9(6-12)11-10/h2-5,9,11-12H,6,10H2,1H3. The van der Waals surface area contributed by atoms with E-state index in [9.17, 15) is 0 Å². The van der Waals surface area contributed by atoms with Crippen molar-refractivity contribution in [2.75, 3.05) is 13.7 Å². The molecule has 1 atom stereocenters. The van der Waals surface area contributed by atoms with E-state index in [1.807, 2.05) is 24.3 Å². The molecule has 72 valence electrons. The predicted molar refractivity (Wildman–Crippen MR) is 50.1 cm³/mol. The SMILES string of the molecule is COc1cccc(C(CO)NN)c1. The number of rotatable bonds is 4. The summed E-state index contributed by atoms with van der Waals surface area (Å²) in [4.78, 5) is 0. The number of methoxy groups -OCH3 is 1. The monoisotopic (exact) mass is 182 g/mol. The van der Waals surface area contributed by atoms with E-state index < -0.39 is 0 Å². The van der Waals surface area contributed by atoms with Gasteiger partial charge in [-0.1, -0.05) is 12.1 Å². The number of benzene rings is 1. The fraction of sp³-hybridized carbons (Fsp3) is 0.333. The zero-order valence-corrected chi connectivity index (χ0v) is 7.53. The van der Waals surface area contributed by atoms with Crippen molar-refractivity contribution in [2.24, 2.45) is 5.84 Å². The molecule has 0 aliphatic heterocycles. The summed E-state index contributed by atoms with van der Waals surface area (Å²) in [6, 6.07) is 7.17. The molecule has 0 saturated carbocycles. The van der Waals surface area contributed by atoms with E-state index in [1.54, 1.807) is 7.11 Å². The minimum Gasteiger partial charge on any atom is -0.497 e. The lowest BCUT2D eigenvalue weighted by molar-refractivity contribution is 0.245. The predicted octanol–water partition coefficient (Wildman–Crippen LogP) is 0.192. The number of aliphatic hydroxyl groups excluding tert-OH is 1. The van der Waals surface area contributed by atoms with Crippen LogP contribution in [0, 0.1) is 0 Å². The topological polar surface area (TPSA) is 67.5 Å². The molecule has 0 saturated heterocycles. The van der Waals surface area contributed by atoms with Gasteiger partial charge in [0.2, 0.25) is 0 Å². The van der Waals surface area contributed by atoms with Crippen LogP contribution in [0.5, 0.6) is 5.75 Å². The van der Waals surface area contributed by atoms with E-state index in [0.717, 1.165) is 11.3 Å². The Hall–Kier alpha value is -1.10. The average Bonchev–Trinajstić information content (AvgIpc) is 2.20. The lowest BCUT2D eigenvalue weighted by atomic mass is 10.1. The summed E-state index contributed by atoms with van der Waals surface area (Å²) in [5, 5.41) is 8.96. The quantitative estimate of drug-likeness (QED) is 0.459. The molecule has 4 nitrogen and oxygen atoms in total. The third-order valence-electron chi connectivity index (χ3n) is 1.88. The highest BCUT2D eigenvalue weighted by Crippen LogP contribution is 2.17. The molecule has 0 heterocycles. The van der Waals surface area contributed by atoms with E-state index in [-0.39, 0.29) is 12.6 Å². The van der Waals surface area contributed by atoms with Crippen LogP contribution >= 0.6 is 0 Å². The lowest BCUT2D eigenvalue weighted by Gasteiger charge is -2.13. The van der Waals surface area contributed by atoms with Crippen LogP contribution in [0.4, 0.5) is 0 Å². The first kappa shape index (κ1) is 9.98. The number of hydrogen-bond acceptors (Lipinski definition) is 4.